The van der Waals surface area contributed by atoms with Crippen molar-refractivity contribution in [3.63, 3.8) is 0 Å². The Labute approximate surface area is 129 Å². The highest BCUT2D eigenvalue weighted by molar-refractivity contribution is 6.51. The molecule has 3 rings (SSSR count). The van der Waals surface area contributed by atoms with Gasteiger partial charge in [0.05, 0.1) is 0 Å². The summed E-state index contributed by atoms with van der Waals surface area (Å²) in [7, 11) is 0. The Morgan fingerprint density at radius 1 is 0.727 bits per heavy atom. The molecule has 0 aliphatic heterocycles. The molecule has 3 nitrogen and oxygen atoms in total. The van der Waals surface area contributed by atoms with E-state index in [-0.39, 0.29) is 5.78 Å². The molecule has 0 aliphatic rings. The number of carbonyl (C=O) groups excluding carboxylic acids is 1. The molecule has 0 saturated heterocycles. The van der Waals surface area contributed by atoms with E-state index < -0.39 is 0 Å². The van der Waals surface area contributed by atoms with E-state index in [0.717, 1.165) is 5.56 Å². The zero-order valence-corrected chi connectivity index (χ0v) is 11.9. The summed E-state index contributed by atoms with van der Waals surface area (Å²) in [5.41, 5.74) is 1.79. The molecule has 106 valence electrons. The average Bonchev–Trinajstić information content (AvgIpc) is 2.61. The van der Waals surface area contributed by atoms with Gasteiger partial charge in [-0.05, 0) is 12.1 Å². The molecule has 0 unspecified atom stereocenters. The van der Waals surface area contributed by atoms with Crippen LogP contribution >= 0.6 is 0 Å². The number of nitrogens with zero attached hydrogens (tertiary/aromatic N) is 2. The SMILES string of the molecule is O=C(/C(=N/c1ccccn1)c1ccccc1)c1ccccc1. The van der Waals surface area contributed by atoms with Crippen molar-refractivity contribution in [2.45, 2.75) is 0 Å². The van der Waals surface area contributed by atoms with E-state index >= 15 is 0 Å². The van der Waals surface area contributed by atoms with Crippen LogP contribution in [0.5, 0.6) is 0 Å². The summed E-state index contributed by atoms with van der Waals surface area (Å²) in [5, 5.41) is 0. The van der Waals surface area contributed by atoms with Crippen LogP contribution in [0.15, 0.2) is 90.1 Å². The lowest BCUT2D eigenvalue weighted by atomic mass is 10.0. The highest BCUT2D eigenvalue weighted by Crippen LogP contribution is 2.14. The van der Waals surface area contributed by atoms with Crippen LogP contribution in [0.25, 0.3) is 0 Å². The van der Waals surface area contributed by atoms with Gasteiger partial charge < -0.3 is 0 Å². The van der Waals surface area contributed by atoms with Gasteiger partial charge in [-0.2, -0.15) is 0 Å². The fraction of sp³-hybridized carbons (Fsp3) is 0. The van der Waals surface area contributed by atoms with Gasteiger partial charge in [-0.15, -0.1) is 0 Å². The molecule has 3 heteroatoms. The van der Waals surface area contributed by atoms with E-state index in [4.69, 9.17) is 0 Å². The van der Waals surface area contributed by atoms with Crippen molar-refractivity contribution in [1.82, 2.24) is 4.98 Å². The number of aromatic nitrogens is 1. The second kappa shape index (κ2) is 6.59. The van der Waals surface area contributed by atoms with Gasteiger partial charge in [0.15, 0.2) is 5.82 Å². The molecule has 0 amide bonds. The number of hydrogen-bond donors (Lipinski definition) is 0. The Morgan fingerprint density at radius 2 is 1.32 bits per heavy atom. The summed E-state index contributed by atoms with van der Waals surface area (Å²) < 4.78 is 0. The smallest absolute Gasteiger partial charge is 0.212 e. The van der Waals surface area contributed by atoms with Gasteiger partial charge >= 0.3 is 0 Å². The lowest BCUT2D eigenvalue weighted by Crippen LogP contribution is -2.15. The zero-order chi connectivity index (χ0) is 15.2. The lowest BCUT2D eigenvalue weighted by Gasteiger charge is -2.06. The van der Waals surface area contributed by atoms with Crippen molar-refractivity contribution >= 4 is 17.3 Å². The van der Waals surface area contributed by atoms with Crippen molar-refractivity contribution in [1.29, 1.82) is 0 Å². The van der Waals surface area contributed by atoms with E-state index in [0.29, 0.717) is 17.1 Å². The van der Waals surface area contributed by atoms with Crippen LogP contribution in [0, 0.1) is 0 Å². The molecule has 0 radical (unpaired) electrons. The summed E-state index contributed by atoms with van der Waals surface area (Å²) in [6, 6.07) is 24.0. The number of carbonyl (C=O) groups is 1. The standard InChI is InChI=1S/C19H14N2O/c22-19(16-11-5-2-6-12-16)18(15-9-3-1-4-10-15)21-17-13-7-8-14-20-17/h1-14H/b21-18+. The Morgan fingerprint density at radius 3 is 1.91 bits per heavy atom. The number of Topliss-reactive ketones (excluding diaryl/α,β-unsaturated/α-hetero) is 1. The largest absolute Gasteiger partial charge is 0.287 e. The predicted octanol–water partition coefficient (Wildman–Crippen LogP) is 4.09. The normalized spacial score (nSPS) is 11.2. The molecule has 0 fully saturated rings. The van der Waals surface area contributed by atoms with Crippen LogP contribution < -0.4 is 0 Å². The second-order valence-electron chi connectivity index (χ2n) is 4.71. The number of benzene rings is 2. The highest BCUT2D eigenvalue weighted by Gasteiger charge is 2.16. The first kappa shape index (κ1) is 13.9. The van der Waals surface area contributed by atoms with Gasteiger partial charge in [0.1, 0.15) is 5.71 Å². The van der Waals surface area contributed by atoms with Crippen LogP contribution in [0.1, 0.15) is 15.9 Å². The van der Waals surface area contributed by atoms with Crippen molar-refractivity contribution in [2.24, 2.45) is 4.99 Å². The molecule has 0 atom stereocenters. The molecule has 0 spiro atoms. The fourth-order valence-corrected chi connectivity index (χ4v) is 2.10. The van der Waals surface area contributed by atoms with Crippen LogP contribution in [-0.2, 0) is 0 Å². The number of pyridine rings is 1. The van der Waals surface area contributed by atoms with Crippen molar-refractivity contribution in [3.8, 4) is 0 Å². The highest BCUT2D eigenvalue weighted by atomic mass is 16.1. The summed E-state index contributed by atoms with van der Waals surface area (Å²) in [4.78, 5) is 21.4. The van der Waals surface area contributed by atoms with Gasteiger partial charge in [0.2, 0.25) is 5.78 Å². The minimum absolute atomic E-state index is 0.113. The van der Waals surface area contributed by atoms with Crippen molar-refractivity contribution in [2.75, 3.05) is 0 Å². The van der Waals surface area contributed by atoms with Crippen molar-refractivity contribution < 1.29 is 4.79 Å². The zero-order valence-electron chi connectivity index (χ0n) is 11.9. The molecule has 0 N–H and O–H groups in total. The van der Waals surface area contributed by atoms with E-state index in [1.54, 1.807) is 24.4 Å². The number of hydrogen-bond acceptors (Lipinski definition) is 3. The molecule has 3 aromatic rings. The Bertz CT molecular complexity index is 781. The Kier molecular flexibility index (Phi) is 4.16. The second-order valence-corrected chi connectivity index (χ2v) is 4.71. The Balaban J connectivity index is 2.08. The maximum atomic E-state index is 12.8. The molecule has 22 heavy (non-hydrogen) atoms. The fourth-order valence-electron chi connectivity index (χ4n) is 2.10. The van der Waals surface area contributed by atoms with Crippen LogP contribution in [0.2, 0.25) is 0 Å². The number of aliphatic imine (C=N–C) groups is 1. The maximum Gasteiger partial charge on any atom is 0.212 e. The molecule has 0 bridgehead atoms. The molecule has 2 aromatic carbocycles. The summed E-state index contributed by atoms with van der Waals surface area (Å²) >= 11 is 0. The van der Waals surface area contributed by atoms with E-state index in [2.05, 4.69) is 9.98 Å². The summed E-state index contributed by atoms with van der Waals surface area (Å²) in [6.07, 6.45) is 1.66. The topological polar surface area (TPSA) is 42.3 Å². The minimum Gasteiger partial charge on any atom is -0.287 e. The van der Waals surface area contributed by atoms with E-state index in [1.807, 2.05) is 60.7 Å². The van der Waals surface area contributed by atoms with Crippen molar-refractivity contribution in [3.05, 3.63) is 96.2 Å². The summed E-state index contributed by atoms with van der Waals surface area (Å²) in [6.45, 7) is 0. The van der Waals surface area contributed by atoms with Crippen LogP contribution in [0.4, 0.5) is 5.82 Å². The monoisotopic (exact) mass is 286 g/mol. The maximum absolute atomic E-state index is 12.8. The number of rotatable bonds is 4. The van der Waals surface area contributed by atoms with Crippen LogP contribution in [-0.4, -0.2) is 16.5 Å². The first-order valence-corrected chi connectivity index (χ1v) is 6.99. The van der Waals surface area contributed by atoms with Gasteiger partial charge in [0, 0.05) is 17.3 Å². The molecular weight excluding hydrogens is 272 g/mol. The van der Waals surface area contributed by atoms with Gasteiger partial charge in [0.25, 0.3) is 0 Å². The predicted molar refractivity (Wildman–Crippen MR) is 87.6 cm³/mol. The minimum atomic E-state index is -0.113. The first-order valence-electron chi connectivity index (χ1n) is 6.99. The van der Waals surface area contributed by atoms with Crippen LogP contribution in [0.3, 0.4) is 0 Å². The van der Waals surface area contributed by atoms with E-state index in [1.165, 1.54) is 0 Å². The van der Waals surface area contributed by atoms with E-state index in [9.17, 15) is 4.79 Å². The average molecular weight is 286 g/mol. The van der Waals surface area contributed by atoms with Gasteiger partial charge in [-0.3, -0.25) is 4.79 Å². The Hall–Kier alpha value is -3.07. The summed E-state index contributed by atoms with van der Waals surface area (Å²) in [5.74, 6) is 0.406. The first-order chi connectivity index (χ1) is 10.8. The molecular formula is C19H14N2O. The third-order valence-corrected chi connectivity index (χ3v) is 3.17. The third-order valence-electron chi connectivity index (χ3n) is 3.17. The molecule has 1 aromatic heterocycles. The molecule has 0 saturated carbocycles. The quantitative estimate of drug-likeness (QED) is 0.535. The molecule has 1 heterocycles. The van der Waals surface area contributed by atoms with Gasteiger partial charge in [-0.1, -0.05) is 66.7 Å². The number of ketones is 1. The van der Waals surface area contributed by atoms with Gasteiger partial charge in [-0.25, -0.2) is 9.98 Å². The molecule has 0 aliphatic carbocycles. The lowest BCUT2D eigenvalue weighted by molar-refractivity contribution is 0.106. The third kappa shape index (κ3) is 3.15.